The largest absolute Gasteiger partial charge is 0.507 e. The number of aromatic hydroxyl groups is 1. The zero-order valence-corrected chi connectivity index (χ0v) is 12.3. The van der Waals surface area contributed by atoms with Crippen LogP contribution in [0, 0.1) is 0 Å². The van der Waals surface area contributed by atoms with Crippen LogP contribution in [0.4, 0.5) is 0 Å². The molecular weight excluding hydrogens is 298 g/mol. The van der Waals surface area contributed by atoms with Gasteiger partial charge in [0.05, 0.1) is 0 Å². The van der Waals surface area contributed by atoms with E-state index in [9.17, 15) is 13.5 Å². The van der Waals surface area contributed by atoms with E-state index >= 15 is 0 Å². The first-order valence-electron chi connectivity index (χ1n) is 5.96. The molecule has 0 heterocycles. The number of hydrogen-bond acceptors (Lipinski definition) is 3. The van der Waals surface area contributed by atoms with Crippen molar-refractivity contribution in [3.05, 3.63) is 59.1 Å². The molecule has 0 radical (unpaired) electrons. The molecule has 2 aromatic rings. The molecule has 0 aromatic heterocycles. The van der Waals surface area contributed by atoms with Gasteiger partial charge in [-0.05, 0) is 36.8 Å². The number of halogens is 1. The summed E-state index contributed by atoms with van der Waals surface area (Å²) in [5.41, 5.74) is 0.747. The highest BCUT2D eigenvalue weighted by atomic mass is 35.5. The van der Waals surface area contributed by atoms with Crippen LogP contribution in [-0.4, -0.2) is 13.5 Å². The van der Waals surface area contributed by atoms with Crippen LogP contribution < -0.4 is 4.72 Å². The number of para-hydroxylation sites is 1. The monoisotopic (exact) mass is 311 g/mol. The minimum atomic E-state index is -3.79. The molecule has 2 N–H and O–H groups in total. The van der Waals surface area contributed by atoms with Gasteiger partial charge in [0.2, 0.25) is 10.0 Å². The summed E-state index contributed by atoms with van der Waals surface area (Å²) in [6.07, 6.45) is 0. The molecule has 2 rings (SSSR count). The second kappa shape index (κ2) is 5.83. The SMILES string of the molecule is CC(NS(=O)(=O)c1ccccc1O)c1cccc(Cl)c1. The molecule has 2 aromatic carbocycles. The fourth-order valence-electron chi connectivity index (χ4n) is 1.82. The summed E-state index contributed by atoms with van der Waals surface area (Å²) < 4.78 is 26.9. The highest BCUT2D eigenvalue weighted by Gasteiger charge is 2.21. The first kappa shape index (κ1) is 14.8. The van der Waals surface area contributed by atoms with E-state index in [1.54, 1.807) is 43.3 Å². The number of benzene rings is 2. The van der Waals surface area contributed by atoms with Gasteiger partial charge in [-0.15, -0.1) is 0 Å². The highest BCUT2D eigenvalue weighted by Crippen LogP contribution is 2.24. The number of phenols is 1. The van der Waals surface area contributed by atoms with Crippen LogP contribution in [0.5, 0.6) is 5.75 Å². The molecule has 0 saturated heterocycles. The average Bonchev–Trinajstić information content (AvgIpc) is 2.38. The zero-order valence-electron chi connectivity index (χ0n) is 10.7. The Morgan fingerprint density at radius 3 is 2.50 bits per heavy atom. The summed E-state index contributed by atoms with van der Waals surface area (Å²) in [7, 11) is -3.79. The van der Waals surface area contributed by atoms with Gasteiger partial charge < -0.3 is 5.11 Å². The number of sulfonamides is 1. The van der Waals surface area contributed by atoms with Crippen LogP contribution in [0.2, 0.25) is 5.02 Å². The van der Waals surface area contributed by atoms with Crippen molar-refractivity contribution >= 4 is 21.6 Å². The first-order chi connectivity index (χ1) is 9.40. The smallest absolute Gasteiger partial charge is 0.244 e. The van der Waals surface area contributed by atoms with Gasteiger partial charge in [0, 0.05) is 11.1 Å². The van der Waals surface area contributed by atoms with E-state index in [-0.39, 0.29) is 10.6 Å². The van der Waals surface area contributed by atoms with Crippen molar-refractivity contribution < 1.29 is 13.5 Å². The molecule has 0 saturated carbocycles. The van der Waals surface area contributed by atoms with E-state index in [2.05, 4.69) is 4.72 Å². The average molecular weight is 312 g/mol. The van der Waals surface area contributed by atoms with Crippen molar-refractivity contribution in [2.45, 2.75) is 17.9 Å². The quantitative estimate of drug-likeness (QED) is 0.912. The molecule has 0 aliphatic heterocycles. The summed E-state index contributed by atoms with van der Waals surface area (Å²) in [5, 5.41) is 10.2. The number of nitrogens with one attached hydrogen (secondary N) is 1. The predicted octanol–water partition coefficient (Wildman–Crippen LogP) is 3.09. The lowest BCUT2D eigenvalue weighted by Gasteiger charge is -2.15. The third-order valence-corrected chi connectivity index (χ3v) is 4.66. The Bertz CT molecular complexity index is 716. The molecule has 1 unspecified atom stereocenters. The number of rotatable bonds is 4. The molecule has 0 amide bonds. The first-order valence-corrected chi connectivity index (χ1v) is 7.82. The molecule has 106 valence electrons. The molecule has 6 heteroatoms. The Hall–Kier alpha value is -1.56. The van der Waals surface area contributed by atoms with Crippen molar-refractivity contribution in [1.82, 2.24) is 4.72 Å². The van der Waals surface area contributed by atoms with E-state index < -0.39 is 16.1 Å². The molecule has 0 spiro atoms. The maximum absolute atomic E-state index is 12.2. The van der Waals surface area contributed by atoms with Crippen LogP contribution in [0.25, 0.3) is 0 Å². The topological polar surface area (TPSA) is 66.4 Å². The van der Waals surface area contributed by atoms with Crippen molar-refractivity contribution in [2.75, 3.05) is 0 Å². The Kier molecular flexibility index (Phi) is 4.32. The van der Waals surface area contributed by atoms with Crippen LogP contribution >= 0.6 is 11.6 Å². The van der Waals surface area contributed by atoms with Gasteiger partial charge in [-0.1, -0.05) is 35.9 Å². The van der Waals surface area contributed by atoms with E-state index in [0.29, 0.717) is 5.02 Å². The normalized spacial score (nSPS) is 13.1. The Balaban J connectivity index is 2.27. The fraction of sp³-hybridized carbons (Fsp3) is 0.143. The van der Waals surface area contributed by atoms with Gasteiger partial charge in [0.1, 0.15) is 10.6 Å². The molecule has 0 aliphatic rings. The summed E-state index contributed by atoms with van der Waals surface area (Å²) in [5.74, 6) is -0.279. The Morgan fingerprint density at radius 1 is 1.15 bits per heavy atom. The maximum atomic E-state index is 12.2. The van der Waals surface area contributed by atoms with Crippen LogP contribution in [0.1, 0.15) is 18.5 Å². The van der Waals surface area contributed by atoms with Crippen molar-refractivity contribution in [3.63, 3.8) is 0 Å². The lowest BCUT2D eigenvalue weighted by Crippen LogP contribution is -2.26. The Morgan fingerprint density at radius 2 is 1.85 bits per heavy atom. The lowest BCUT2D eigenvalue weighted by molar-refractivity contribution is 0.457. The van der Waals surface area contributed by atoms with Gasteiger partial charge in [-0.3, -0.25) is 0 Å². The third-order valence-electron chi connectivity index (χ3n) is 2.84. The highest BCUT2D eigenvalue weighted by molar-refractivity contribution is 7.89. The summed E-state index contributed by atoms with van der Waals surface area (Å²) >= 11 is 5.89. The Labute approximate surface area is 123 Å². The van der Waals surface area contributed by atoms with Gasteiger partial charge in [0.25, 0.3) is 0 Å². The van der Waals surface area contributed by atoms with Gasteiger partial charge >= 0.3 is 0 Å². The molecule has 20 heavy (non-hydrogen) atoms. The second-order valence-electron chi connectivity index (χ2n) is 4.37. The molecule has 1 atom stereocenters. The number of phenolic OH excluding ortho intramolecular Hbond substituents is 1. The predicted molar refractivity (Wildman–Crippen MR) is 78.3 cm³/mol. The standard InChI is InChI=1S/C14H14ClNO3S/c1-10(11-5-4-6-12(15)9-11)16-20(18,19)14-8-3-2-7-13(14)17/h2-10,16-17H,1H3. The summed E-state index contributed by atoms with van der Waals surface area (Å²) in [4.78, 5) is -0.145. The van der Waals surface area contributed by atoms with E-state index in [0.717, 1.165) is 5.56 Å². The summed E-state index contributed by atoms with van der Waals surface area (Å²) in [6.45, 7) is 1.71. The zero-order chi connectivity index (χ0) is 14.8. The molecule has 0 bridgehead atoms. The van der Waals surface area contributed by atoms with Gasteiger partial charge in [-0.25, -0.2) is 13.1 Å². The summed E-state index contributed by atoms with van der Waals surface area (Å²) in [6, 6.07) is 12.3. The minimum Gasteiger partial charge on any atom is -0.507 e. The third kappa shape index (κ3) is 3.30. The van der Waals surface area contributed by atoms with Crippen LogP contribution in [0.3, 0.4) is 0 Å². The number of hydrogen-bond donors (Lipinski definition) is 2. The van der Waals surface area contributed by atoms with Crippen molar-refractivity contribution in [1.29, 1.82) is 0 Å². The molecule has 4 nitrogen and oxygen atoms in total. The van der Waals surface area contributed by atoms with Gasteiger partial charge in [0.15, 0.2) is 0 Å². The maximum Gasteiger partial charge on any atom is 0.244 e. The van der Waals surface area contributed by atoms with E-state index in [4.69, 9.17) is 11.6 Å². The minimum absolute atomic E-state index is 0.145. The molecular formula is C14H14ClNO3S. The molecule has 0 fully saturated rings. The second-order valence-corrected chi connectivity index (χ2v) is 6.48. The van der Waals surface area contributed by atoms with E-state index in [1.165, 1.54) is 12.1 Å². The fourth-order valence-corrected chi connectivity index (χ4v) is 3.35. The molecule has 0 aliphatic carbocycles. The van der Waals surface area contributed by atoms with Gasteiger partial charge in [-0.2, -0.15) is 0 Å². The lowest BCUT2D eigenvalue weighted by atomic mass is 10.1. The van der Waals surface area contributed by atoms with Crippen LogP contribution in [0.15, 0.2) is 53.4 Å². The van der Waals surface area contributed by atoms with Crippen LogP contribution in [-0.2, 0) is 10.0 Å². The van der Waals surface area contributed by atoms with Crippen molar-refractivity contribution in [3.8, 4) is 5.75 Å². The van der Waals surface area contributed by atoms with E-state index in [1.807, 2.05) is 0 Å². The van der Waals surface area contributed by atoms with Crippen molar-refractivity contribution in [2.24, 2.45) is 0 Å².